The van der Waals surface area contributed by atoms with E-state index in [1.165, 1.54) is 30.4 Å². The number of methoxy groups -OCH3 is 1. The Morgan fingerprint density at radius 1 is 1.12 bits per heavy atom. The second-order valence-corrected chi connectivity index (χ2v) is 12.5. The zero-order valence-corrected chi connectivity index (χ0v) is 24.8. The molecule has 2 aromatic heterocycles. The van der Waals surface area contributed by atoms with Gasteiger partial charge in [0.15, 0.2) is 5.82 Å². The highest BCUT2D eigenvalue weighted by Crippen LogP contribution is 2.47. The number of nitrogens with two attached hydrogens (primary N) is 1. The van der Waals surface area contributed by atoms with Gasteiger partial charge < -0.3 is 30.4 Å². The van der Waals surface area contributed by atoms with E-state index in [2.05, 4.69) is 75.6 Å². The van der Waals surface area contributed by atoms with E-state index in [0.29, 0.717) is 24.0 Å². The van der Waals surface area contributed by atoms with Gasteiger partial charge in [-0.1, -0.05) is 43.7 Å². The molecule has 8 nitrogen and oxygen atoms in total. The lowest BCUT2D eigenvalue weighted by Crippen LogP contribution is -2.60. The number of hydrogen-bond acceptors (Lipinski definition) is 7. The second-order valence-electron chi connectivity index (χ2n) is 12.5. The van der Waals surface area contributed by atoms with Crippen LogP contribution in [-0.2, 0) is 11.3 Å². The van der Waals surface area contributed by atoms with Crippen LogP contribution in [0.15, 0.2) is 48.5 Å². The fraction of sp³-hybridized carbons (Fsp3) is 0.471. The largest absolute Gasteiger partial charge is 0.496 e. The molecular formula is C34H42N6O2. The van der Waals surface area contributed by atoms with E-state index in [-0.39, 0.29) is 5.95 Å². The van der Waals surface area contributed by atoms with Crippen molar-refractivity contribution >= 4 is 39.3 Å². The van der Waals surface area contributed by atoms with Gasteiger partial charge in [-0.15, -0.1) is 0 Å². The molecule has 8 heteroatoms. The van der Waals surface area contributed by atoms with Crippen LogP contribution in [0.3, 0.4) is 0 Å². The van der Waals surface area contributed by atoms with Crippen molar-refractivity contribution in [1.29, 1.82) is 0 Å². The summed E-state index contributed by atoms with van der Waals surface area (Å²) in [7, 11) is 1.75. The Balaban J connectivity index is 1.17. The van der Waals surface area contributed by atoms with Crippen molar-refractivity contribution in [2.75, 3.05) is 37.9 Å². The molecule has 1 saturated heterocycles. The summed E-state index contributed by atoms with van der Waals surface area (Å²) in [6, 6.07) is 16.3. The Morgan fingerprint density at radius 2 is 1.98 bits per heavy atom. The fourth-order valence-corrected chi connectivity index (χ4v) is 7.20. The van der Waals surface area contributed by atoms with Crippen LogP contribution >= 0.6 is 0 Å². The van der Waals surface area contributed by atoms with E-state index in [0.717, 1.165) is 84.5 Å². The molecule has 2 aromatic carbocycles. The van der Waals surface area contributed by atoms with Gasteiger partial charge in [0.2, 0.25) is 5.95 Å². The van der Waals surface area contributed by atoms with Gasteiger partial charge in [0, 0.05) is 35.0 Å². The molecule has 1 spiro atoms. The van der Waals surface area contributed by atoms with Crippen LogP contribution in [0.2, 0.25) is 0 Å². The highest BCUT2D eigenvalue weighted by atomic mass is 16.5. The molecule has 4 N–H and O–H groups in total. The standard InChI is InChI=1S/C34H42N6O2/c1-3-4-15-36-32-31-30(38-33(35)39-32)27-7-5-6-8-28(27)40(31)19-24-16-23(11-14-29(24)41-2)22-9-12-25(13-10-22)37-26-17-34(18-26)20-42-21-34/h5-9,11,14,16,25-26,37H,3-4,10,12-13,15,17-21H2,1-2H3,(H3,35,36,38,39). The summed E-state index contributed by atoms with van der Waals surface area (Å²) < 4.78 is 13.6. The number of allylic oxidation sites excluding steroid dienone is 1. The Morgan fingerprint density at radius 3 is 2.71 bits per heavy atom. The minimum Gasteiger partial charge on any atom is -0.496 e. The van der Waals surface area contributed by atoms with Crippen LogP contribution in [0.1, 0.15) is 63.0 Å². The maximum atomic E-state index is 6.19. The molecular weight excluding hydrogens is 524 g/mol. The SMILES string of the molecule is CCCCNc1nc(N)nc2c3ccccc3n(Cc3cc(C4=CCC(NC5CC6(COC6)C5)CC4)ccc3OC)c12. The van der Waals surface area contributed by atoms with Gasteiger partial charge in [-0.2, -0.15) is 4.98 Å². The highest BCUT2D eigenvalue weighted by molar-refractivity contribution is 6.09. The number of rotatable bonds is 10. The van der Waals surface area contributed by atoms with Crippen LogP contribution in [0.25, 0.3) is 27.5 Å². The molecule has 1 saturated carbocycles. The minimum atomic E-state index is 0.287. The number of ether oxygens (including phenoxy) is 2. The van der Waals surface area contributed by atoms with Crippen molar-refractivity contribution < 1.29 is 9.47 Å². The van der Waals surface area contributed by atoms with E-state index >= 15 is 0 Å². The van der Waals surface area contributed by atoms with Crippen LogP contribution < -0.4 is 21.1 Å². The van der Waals surface area contributed by atoms with Crippen LogP contribution in [0, 0.1) is 5.41 Å². The summed E-state index contributed by atoms with van der Waals surface area (Å²) in [4.78, 5) is 9.34. The Bertz CT molecular complexity index is 1630. The molecule has 0 bridgehead atoms. The average Bonchev–Trinajstić information content (AvgIpc) is 3.27. The van der Waals surface area contributed by atoms with Gasteiger partial charge in [-0.05, 0) is 67.9 Å². The van der Waals surface area contributed by atoms with Gasteiger partial charge in [0.1, 0.15) is 16.8 Å². The van der Waals surface area contributed by atoms with Crippen molar-refractivity contribution in [2.45, 2.75) is 70.5 Å². The Labute approximate surface area is 247 Å². The Kier molecular flexibility index (Phi) is 7.28. The summed E-state index contributed by atoms with van der Waals surface area (Å²) in [5.41, 5.74) is 13.5. The lowest BCUT2D eigenvalue weighted by molar-refractivity contribution is -0.168. The predicted octanol–water partition coefficient (Wildman–Crippen LogP) is 6.14. The van der Waals surface area contributed by atoms with Crippen molar-refractivity contribution in [3.8, 4) is 5.75 Å². The summed E-state index contributed by atoms with van der Waals surface area (Å²) in [5, 5.41) is 8.54. The number of nitrogens with zero attached hydrogens (tertiary/aromatic N) is 3. The average molecular weight is 567 g/mol. The molecule has 7 rings (SSSR count). The molecule has 3 heterocycles. The van der Waals surface area contributed by atoms with Gasteiger partial charge in [-0.25, -0.2) is 4.98 Å². The lowest BCUT2D eigenvalue weighted by Gasteiger charge is -2.54. The zero-order valence-electron chi connectivity index (χ0n) is 24.8. The number of para-hydroxylation sites is 1. The van der Waals surface area contributed by atoms with Crippen molar-refractivity contribution in [1.82, 2.24) is 19.9 Å². The van der Waals surface area contributed by atoms with Crippen molar-refractivity contribution in [2.24, 2.45) is 5.41 Å². The molecule has 2 aliphatic carbocycles. The quantitative estimate of drug-likeness (QED) is 0.198. The molecule has 2 fully saturated rings. The molecule has 4 aromatic rings. The minimum absolute atomic E-state index is 0.287. The molecule has 1 atom stereocenters. The van der Waals surface area contributed by atoms with Gasteiger partial charge in [-0.3, -0.25) is 0 Å². The summed E-state index contributed by atoms with van der Waals surface area (Å²) in [5.74, 6) is 1.96. The van der Waals surface area contributed by atoms with Crippen molar-refractivity contribution in [3.05, 3.63) is 59.7 Å². The number of nitrogens with one attached hydrogen (secondary N) is 2. The van der Waals surface area contributed by atoms with E-state index in [4.69, 9.17) is 20.2 Å². The predicted molar refractivity (Wildman–Crippen MR) is 170 cm³/mol. The van der Waals surface area contributed by atoms with Gasteiger partial charge >= 0.3 is 0 Å². The van der Waals surface area contributed by atoms with Gasteiger partial charge in [0.25, 0.3) is 0 Å². The normalized spacial score (nSPS) is 20.0. The fourth-order valence-electron chi connectivity index (χ4n) is 7.20. The van der Waals surface area contributed by atoms with E-state index < -0.39 is 0 Å². The topological polar surface area (TPSA) is 99.2 Å². The van der Waals surface area contributed by atoms with Gasteiger partial charge in [0.05, 0.1) is 32.4 Å². The summed E-state index contributed by atoms with van der Waals surface area (Å²) in [6.45, 7) is 5.59. The maximum absolute atomic E-state index is 6.19. The number of hydrogen-bond donors (Lipinski definition) is 3. The Hall–Kier alpha value is -3.62. The monoisotopic (exact) mass is 566 g/mol. The lowest BCUT2D eigenvalue weighted by atomic mass is 9.64. The molecule has 42 heavy (non-hydrogen) atoms. The molecule has 0 radical (unpaired) electrons. The van der Waals surface area contributed by atoms with Crippen LogP contribution in [-0.4, -0.2) is 53.5 Å². The number of fused-ring (bicyclic) bond motifs is 3. The highest BCUT2D eigenvalue weighted by Gasteiger charge is 2.49. The third-order valence-electron chi connectivity index (χ3n) is 9.48. The molecule has 3 aliphatic rings. The summed E-state index contributed by atoms with van der Waals surface area (Å²) in [6.07, 6.45) is 10.5. The first-order chi connectivity index (χ1) is 20.6. The number of nitrogen functional groups attached to an aromatic ring is 1. The third kappa shape index (κ3) is 5.01. The molecule has 220 valence electrons. The van der Waals surface area contributed by atoms with Crippen LogP contribution in [0.4, 0.5) is 11.8 Å². The molecule has 1 aliphatic heterocycles. The molecule has 1 unspecified atom stereocenters. The second kappa shape index (κ2) is 11.2. The first-order valence-corrected chi connectivity index (χ1v) is 15.5. The first-order valence-electron chi connectivity index (χ1n) is 15.5. The maximum Gasteiger partial charge on any atom is 0.222 e. The van der Waals surface area contributed by atoms with E-state index in [1.807, 2.05) is 0 Å². The van der Waals surface area contributed by atoms with E-state index in [9.17, 15) is 0 Å². The number of anilines is 2. The number of unbranched alkanes of at least 4 members (excludes halogenated alkanes) is 1. The van der Waals surface area contributed by atoms with Crippen LogP contribution in [0.5, 0.6) is 5.75 Å². The smallest absolute Gasteiger partial charge is 0.222 e. The summed E-state index contributed by atoms with van der Waals surface area (Å²) >= 11 is 0. The first kappa shape index (κ1) is 27.2. The molecule has 0 amide bonds. The van der Waals surface area contributed by atoms with E-state index in [1.54, 1.807) is 7.11 Å². The zero-order chi connectivity index (χ0) is 28.7. The number of aromatic nitrogens is 3. The van der Waals surface area contributed by atoms with Crippen molar-refractivity contribution in [3.63, 3.8) is 0 Å². The third-order valence-corrected chi connectivity index (χ3v) is 9.48. The number of benzene rings is 2.